The summed E-state index contributed by atoms with van der Waals surface area (Å²) in [6, 6.07) is 0.0824. The number of amidine groups is 1. The fourth-order valence-electron chi connectivity index (χ4n) is 3.54. The third-order valence-electron chi connectivity index (χ3n) is 4.91. The summed E-state index contributed by atoms with van der Waals surface area (Å²) in [5, 5.41) is 12.3. The molecule has 0 bridgehead atoms. The molecule has 0 spiro atoms. The van der Waals surface area contributed by atoms with Gasteiger partial charge in [-0.15, -0.1) is 0 Å². The number of nitrogens with two attached hydrogens (primary N) is 1. The third-order valence-corrected chi connectivity index (χ3v) is 4.91. The monoisotopic (exact) mass is 297 g/mol. The number of hydrogen-bond donors (Lipinski definition) is 2. The zero-order valence-corrected chi connectivity index (χ0v) is 13.0. The van der Waals surface area contributed by atoms with Crippen LogP contribution in [0.1, 0.15) is 52.4 Å². The van der Waals surface area contributed by atoms with Crippen LogP contribution >= 0.6 is 0 Å². The zero-order valence-electron chi connectivity index (χ0n) is 13.0. The van der Waals surface area contributed by atoms with Gasteiger partial charge in [0, 0.05) is 6.54 Å². The van der Waals surface area contributed by atoms with Crippen molar-refractivity contribution in [1.29, 1.82) is 0 Å². The lowest BCUT2D eigenvalue weighted by atomic mass is 9.71. The smallest absolute Gasteiger partial charge is 0.236 e. The van der Waals surface area contributed by atoms with E-state index in [-0.39, 0.29) is 23.9 Å². The summed E-state index contributed by atoms with van der Waals surface area (Å²) in [5.74, 6) is 0.0840. The molecule has 1 saturated carbocycles. The van der Waals surface area contributed by atoms with Gasteiger partial charge in [0.1, 0.15) is 5.41 Å². The predicted octanol–water partition coefficient (Wildman–Crippen LogP) is 1.71. The van der Waals surface area contributed by atoms with Gasteiger partial charge in [0.05, 0.1) is 18.8 Å². The molecule has 2 unspecified atom stereocenters. The highest BCUT2D eigenvalue weighted by Gasteiger charge is 2.48. The van der Waals surface area contributed by atoms with E-state index in [0.29, 0.717) is 26.0 Å². The molecule has 120 valence electrons. The topological polar surface area (TPSA) is 88.2 Å². The van der Waals surface area contributed by atoms with Gasteiger partial charge in [-0.1, -0.05) is 31.3 Å². The molecule has 0 radical (unpaired) electrons. The van der Waals surface area contributed by atoms with Crippen molar-refractivity contribution in [1.82, 2.24) is 4.90 Å². The summed E-state index contributed by atoms with van der Waals surface area (Å²) in [4.78, 5) is 15.1. The maximum absolute atomic E-state index is 13.2. The van der Waals surface area contributed by atoms with Gasteiger partial charge in [0.2, 0.25) is 5.91 Å². The van der Waals surface area contributed by atoms with Crippen LogP contribution in [0.15, 0.2) is 5.16 Å². The van der Waals surface area contributed by atoms with Crippen LogP contribution in [0.4, 0.5) is 0 Å². The normalized spacial score (nSPS) is 30.2. The molecule has 1 saturated heterocycles. The molecule has 6 heteroatoms. The van der Waals surface area contributed by atoms with Crippen molar-refractivity contribution in [2.75, 3.05) is 13.2 Å². The van der Waals surface area contributed by atoms with Gasteiger partial charge in [-0.3, -0.25) is 4.79 Å². The first-order valence-corrected chi connectivity index (χ1v) is 7.96. The largest absolute Gasteiger partial charge is 0.409 e. The molecule has 2 atom stereocenters. The van der Waals surface area contributed by atoms with E-state index >= 15 is 0 Å². The molecule has 1 aliphatic heterocycles. The first-order chi connectivity index (χ1) is 10.0. The molecule has 1 heterocycles. The first kappa shape index (κ1) is 16.1. The maximum Gasteiger partial charge on any atom is 0.236 e. The summed E-state index contributed by atoms with van der Waals surface area (Å²) in [6.45, 7) is 5.18. The average Bonchev–Trinajstić information content (AvgIpc) is 2.53. The van der Waals surface area contributed by atoms with Crippen molar-refractivity contribution in [2.45, 2.75) is 64.5 Å². The van der Waals surface area contributed by atoms with E-state index in [9.17, 15) is 4.79 Å². The Labute approximate surface area is 126 Å². The Morgan fingerprint density at radius 1 is 1.43 bits per heavy atom. The van der Waals surface area contributed by atoms with Crippen molar-refractivity contribution in [2.24, 2.45) is 16.3 Å². The zero-order chi connectivity index (χ0) is 15.5. The quantitative estimate of drug-likeness (QED) is 0.359. The van der Waals surface area contributed by atoms with Crippen LogP contribution in [0.3, 0.4) is 0 Å². The number of ether oxygens (including phenoxy) is 1. The van der Waals surface area contributed by atoms with Crippen LogP contribution in [0, 0.1) is 5.41 Å². The minimum absolute atomic E-state index is 0.0134. The number of oxime groups is 1. The Bertz CT molecular complexity index is 405. The molecule has 2 aliphatic rings. The average molecular weight is 297 g/mol. The molecule has 0 aromatic heterocycles. The minimum atomic E-state index is -0.822. The number of hydrogen-bond acceptors (Lipinski definition) is 4. The number of amides is 1. The summed E-state index contributed by atoms with van der Waals surface area (Å²) in [7, 11) is 0. The highest BCUT2D eigenvalue weighted by Crippen LogP contribution is 2.39. The molecule has 1 amide bonds. The first-order valence-electron chi connectivity index (χ1n) is 7.96. The van der Waals surface area contributed by atoms with E-state index in [1.54, 1.807) is 0 Å². The molecule has 6 nitrogen and oxygen atoms in total. The van der Waals surface area contributed by atoms with E-state index in [1.807, 2.05) is 11.8 Å². The minimum Gasteiger partial charge on any atom is -0.409 e. The molecular formula is C15H27N3O3. The number of rotatable bonds is 3. The van der Waals surface area contributed by atoms with Gasteiger partial charge >= 0.3 is 0 Å². The molecule has 3 N–H and O–H groups in total. The predicted molar refractivity (Wildman–Crippen MR) is 80.1 cm³/mol. The standard InChI is InChI=1S/C15H27N3O3/c1-3-12-10-21-11(2)9-18(12)14(19)15(13(16)17-20)7-5-4-6-8-15/h11-12,20H,3-10H2,1-2H3,(H2,16,17). The molecule has 2 rings (SSSR count). The Morgan fingerprint density at radius 2 is 2.10 bits per heavy atom. The summed E-state index contributed by atoms with van der Waals surface area (Å²) >= 11 is 0. The lowest BCUT2D eigenvalue weighted by molar-refractivity contribution is -0.153. The Kier molecular flexibility index (Phi) is 5.08. The van der Waals surface area contributed by atoms with Crippen LogP contribution in [-0.2, 0) is 9.53 Å². The van der Waals surface area contributed by atoms with Gasteiger partial charge in [0.25, 0.3) is 0 Å². The van der Waals surface area contributed by atoms with E-state index in [0.717, 1.165) is 25.7 Å². The SMILES string of the molecule is CCC1COC(C)CN1C(=O)C1(C(N)=NO)CCCCC1. The van der Waals surface area contributed by atoms with Crippen LogP contribution in [0.2, 0.25) is 0 Å². The number of morpholine rings is 1. The molecular weight excluding hydrogens is 270 g/mol. The van der Waals surface area contributed by atoms with Crippen molar-refractivity contribution >= 4 is 11.7 Å². The van der Waals surface area contributed by atoms with Crippen molar-refractivity contribution in [3.8, 4) is 0 Å². The molecule has 1 aliphatic carbocycles. The highest BCUT2D eigenvalue weighted by atomic mass is 16.5. The lowest BCUT2D eigenvalue weighted by Gasteiger charge is -2.44. The van der Waals surface area contributed by atoms with Gasteiger partial charge in [0.15, 0.2) is 5.84 Å². The van der Waals surface area contributed by atoms with Gasteiger partial charge in [-0.2, -0.15) is 0 Å². The molecule has 0 aromatic carbocycles. The summed E-state index contributed by atoms with van der Waals surface area (Å²) in [6.07, 6.45) is 5.21. The second-order valence-electron chi connectivity index (χ2n) is 6.29. The van der Waals surface area contributed by atoms with E-state index in [2.05, 4.69) is 12.1 Å². The van der Waals surface area contributed by atoms with E-state index < -0.39 is 5.41 Å². The maximum atomic E-state index is 13.2. The van der Waals surface area contributed by atoms with Crippen molar-refractivity contribution in [3.63, 3.8) is 0 Å². The lowest BCUT2D eigenvalue weighted by Crippen LogP contribution is -2.59. The molecule has 21 heavy (non-hydrogen) atoms. The number of carbonyl (C=O) groups excluding carboxylic acids is 1. The van der Waals surface area contributed by atoms with Gasteiger partial charge < -0.3 is 20.6 Å². The second kappa shape index (κ2) is 6.64. The van der Waals surface area contributed by atoms with Crippen LogP contribution in [0.5, 0.6) is 0 Å². The second-order valence-corrected chi connectivity index (χ2v) is 6.29. The Balaban J connectivity index is 2.28. The molecule has 0 aromatic rings. The van der Waals surface area contributed by atoms with E-state index in [4.69, 9.17) is 15.7 Å². The van der Waals surface area contributed by atoms with Gasteiger partial charge in [-0.25, -0.2) is 0 Å². The number of carbonyl (C=O) groups is 1. The summed E-state index contributed by atoms with van der Waals surface area (Å²) in [5.41, 5.74) is 5.11. The molecule has 2 fully saturated rings. The van der Waals surface area contributed by atoms with Crippen molar-refractivity contribution in [3.05, 3.63) is 0 Å². The van der Waals surface area contributed by atoms with Crippen molar-refractivity contribution < 1.29 is 14.7 Å². The fourth-order valence-corrected chi connectivity index (χ4v) is 3.54. The van der Waals surface area contributed by atoms with Gasteiger partial charge in [-0.05, 0) is 26.2 Å². The Morgan fingerprint density at radius 3 is 2.67 bits per heavy atom. The number of nitrogens with zero attached hydrogens (tertiary/aromatic N) is 2. The fraction of sp³-hybridized carbons (Fsp3) is 0.867. The Hall–Kier alpha value is -1.30. The van der Waals surface area contributed by atoms with Crippen LogP contribution < -0.4 is 5.73 Å². The van der Waals surface area contributed by atoms with E-state index in [1.165, 1.54) is 0 Å². The summed E-state index contributed by atoms with van der Waals surface area (Å²) < 4.78 is 5.66. The third kappa shape index (κ3) is 3.00. The van der Waals surface area contributed by atoms with Crippen LogP contribution in [0.25, 0.3) is 0 Å². The van der Waals surface area contributed by atoms with Crippen LogP contribution in [-0.4, -0.2) is 47.1 Å². The highest BCUT2D eigenvalue weighted by molar-refractivity contribution is 6.07.